The minimum absolute atomic E-state index is 0.0556. The maximum absolute atomic E-state index is 12.8. The highest BCUT2D eigenvalue weighted by Gasteiger charge is 2.26. The number of esters is 2. The molecule has 0 aliphatic heterocycles. The van der Waals surface area contributed by atoms with E-state index in [-0.39, 0.29) is 38.6 Å². The van der Waals surface area contributed by atoms with Crippen molar-refractivity contribution in [3.63, 3.8) is 0 Å². The van der Waals surface area contributed by atoms with E-state index in [0.717, 1.165) is 64.2 Å². The number of carbonyl (C=O) groups excluding carboxylic acids is 2. The van der Waals surface area contributed by atoms with Crippen LogP contribution in [-0.4, -0.2) is 49.3 Å². The van der Waals surface area contributed by atoms with Crippen LogP contribution in [-0.2, 0) is 32.7 Å². The highest BCUT2D eigenvalue weighted by atomic mass is 31.2. The quantitative estimate of drug-likeness (QED) is 0.0264. The van der Waals surface area contributed by atoms with Gasteiger partial charge in [-0.1, -0.05) is 376 Å². The van der Waals surface area contributed by atoms with E-state index in [9.17, 15) is 19.0 Å². The molecule has 0 heterocycles. The molecule has 0 bridgehead atoms. The second kappa shape index (κ2) is 72.8. The van der Waals surface area contributed by atoms with Crippen molar-refractivity contribution in [2.24, 2.45) is 5.73 Å². The minimum Gasteiger partial charge on any atom is -0.462 e. The van der Waals surface area contributed by atoms with Gasteiger partial charge in [-0.25, -0.2) is 4.57 Å². The van der Waals surface area contributed by atoms with Crippen LogP contribution in [0.15, 0.2) is 60.8 Å². The predicted octanol–water partition coefficient (Wildman–Crippen LogP) is 25.0. The number of nitrogens with two attached hydrogens (primary N) is 1. The third kappa shape index (κ3) is 72.6. The van der Waals surface area contributed by atoms with Crippen LogP contribution >= 0.6 is 7.82 Å². The van der Waals surface area contributed by atoms with Gasteiger partial charge in [-0.15, -0.1) is 0 Å². The maximum atomic E-state index is 12.8. The van der Waals surface area contributed by atoms with Crippen LogP contribution < -0.4 is 5.73 Å². The number of unbranched alkanes of at least 4 members (excludes halogenated alkanes) is 49. The Kier molecular flexibility index (Phi) is 70.9. The van der Waals surface area contributed by atoms with Gasteiger partial charge in [0, 0.05) is 19.4 Å². The lowest BCUT2D eigenvalue weighted by Gasteiger charge is -2.19. The normalized spacial score (nSPS) is 13.2. The lowest BCUT2D eigenvalue weighted by molar-refractivity contribution is -0.161. The number of phosphoric ester groups is 1. The van der Waals surface area contributed by atoms with Crippen LogP contribution in [0.25, 0.3) is 0 Å². The second-order valence-corrected chi connectivity index (χ2v) is 27.0. The first kappa shape index (κ1) is 84.7. The topological polar surface area (TPSA) is 134 Å². The number of allylic oxidation sites excluding steroid dienone is 10. The fraction of sp³-hybridized carbons (Fsp3) is 0.844. The molecule has 3 N–H and O–H groups in total. The van der Waals surface area contributed by atoms with Crippen molar-refractivity contribution in [1.82, 2.24) is 0 Å². The summed E-state index contributed by atoms with van der Waals surface area (Å²) < 4.78 is 33.2. The molecule has 9 nitrogen and oxygen atoms in total. The molecular formula is C77H144NO8P. The summed E-state index contributed by atoms with van der Waals surface area (Å²) in [5.41, 5.74) is 5.41. The van der Waals surface area contributed by atoms with Crippen LogP contribution in [0.3, 0.4) is 0 Å². The number of phosphoric acid groups is 1. The molecule has 0 aromatic rings. The van der Waals surface area contributed by atoms with Crippen LogP contribution in [0.1, 0.15) is 386 Å². The van der Waals surface area contributed by atoms with Gasteiger partial charge in [-0.3, -0.25) is 18.6 Å². The molecule has 0 rings (SSSR count). The predicted molar refractivity (Wildman–Crippen MR) is 376 cm³/mol. The fourth-order valence-electron chi connectivity index (χ4n) is 11.4. The van der Waals surface area contributed by atoms with Crippen molar-refractivity contribution < 1.29 is 37.6 Å². The Balaban J connectivity index is 3.78. The van der Waals surface area contributed by atoms with Gasteiger partial charge in [0.1, 0.15) is 6.61 Å². The summed E-state index contributed by atoms with van der Waals surface area (Å²) in [5, 5.41) is 0. The maximum Gasteiger partial charge on any atom is 0.472 e. The van der Waals surface area contributed by atoms with Crippen LogP contribution in [0, 0.1) is 0 Å². The van der Waals surface area contributed by atoms with Crippen molar-refractivity contribution in [2.45, 2.75) is 392 Å². The van der Waals surface area contributed by atoms with E-state index in [1.165, 1.54) is 289 Å². The highest BCUT2D eigenvalue weighted by Crippen LogP contribution is 2.43. The molecule has 0 aromatic carbocycles. The molecule has 0 aliphatic rings. The van der Waals surface area contributed by atoms with E-state index < -0.39 is 26.5 Å². The molecule has 0 aliphatic carbocycles. The molecule has 0 radical (unpaired) electrons. The Bertz CT molecular complexity index is 1610. The van der Waals surface area contributed by atoms with Gasteiger partial charge in [0.15, 0.2) is 6.10 Å². The van der Waals surface area contributed by atoms with E-state index in [0.29, 0.717) is 6.42 Å². The number of hydrogen-bond acceptors (Lipinski definition) is 8. The molecule has 510 valence electrons. The summed E-state index contributed by atoms with van der Waals surface area (Å²) in [6, 6.07) is 0. The van der Waals surface area contributed by atoms with Gasteiger partial charge in [-0.2, -0.15) is 0 Å². The summed E-state index contributed by atoms with van der Waals surface area (Å²) >= 11 is 0. The lowest BCUT2D eigenvalue weighted by Crippen LogP contribution is -2.29. The Morgan fingerprint density at radius 1 is 0.356 bits per heavy atom. The van der Waals surface area contributed by atoms with Crippen LogP contribution in [0.5, 0.6) is 0 Å². The van der Waals surface area contributed by atoms with Gasteiger partial charge in [0.05, 0.1) is 13.2 Å². The average molecular weight is 1240 g/mol. The number of rotatable bonds is 72. The molecule has 2 atom stereocenters. The Labute approximate surface area is 539 Å². The number of carbonyl (C=O) groups is 2. The summed E-state index contributed by atoms with van der Waals surface area (Å²) in [6.45, 7) is 3.71. The summed E-state index contributed by atoms with van der Waals surface area (Å²) in [6.07, 6.45) is 94.9. The van der Waals surface area contributed by atoms with E-state index in [1.54, 1.807) is 0 Å². The summed E-state index contributed by atoms with van der Waals surface area (Å²) in [4.78, 5) is 35.4. The highest BCUT2D eigenvalue weighted by molar-refractivity contribution is 7.47. The summed E-state index contributed by atoms with van der Waals surface area (Å²) in [7, 11) is -4.39. The molecule has 0 spiro atoms. The van der Waals surface area contributed by atoms with Crippen molar-refractivity contribution in [3.8, 4) is 0 Å². The lowest BCUT2D eigenvalue weighted by atomic mass is 10.0. The van der Waals surface area contributed by atoms with Crippen LogP contribution in [0.4, 0.5) is 0 Å². The molecule has 0 saturated carbocycles. The third-order valence-electron chi connectivity index (χ3n) is 16.9. The monoisotopic (exact) mass is 1240 g/mol. The van der Waals surface area contributed by atoms with Gasteiger partial charge in [0.2, 0.25) is 0 Å². The Hall–Kier alpha value is -2.29. The molecule has 0 fully saturated rings. The molecule has 87 heavy (non-hydrogen) atoms. The zero-order valence-electron chi connectivity index (χ0n) is 57.5. The largest absolute Gasteiger partial charge is 0.472 e. The molecule has 10 heteroatoms. The molecular weight excluding hydrogens is 1100 g/mol. The van der Waals surface area contributed by atoms with Crippen LogP contribution in [0.2, 0.25) is 0 Å². The zero-order chi connectivity index (χ0) is 63.0. The second-order valence-electron chi connectivity index (χ2n) is 25.5. The van der Waals surface area contributed by atoms with Gasteiger partial charge < -0.3 is 20.1 Å². The number of hydrogen-bond donors (Lipinski definition) is 2. The Morgan fingerprint density at radius 2 is 0.632 bits per heavy atom. The van der Waals surface area contributed by atoms with Crippen molar-refractivity contribution >= 4 is 19.8 Å². The van der Waals surface area contributed by atoms with Crippen molar-refractivity contribution in [3.05, 3.63) is 60.8 Å². The minimum atomic E-state index is -4.39. The number of ether oxygens (including phenoxy) is 2. The first-order valence-corrected chi connectivity index (χ1v) is 39.3. The first-order valence-electron chi connectivity index (χ1n) is 37.8. The molecule has 2 unspecified atom stereocenters. The van der Waals surface area contributed by atoms with Gasteiger partial charge in [-0.05, 0) is 57.8 Å². The average Bonchev–Trinajstić information content (AvgIpc) is 3.65. The van der Waals surface area contributed by atoms with Gasteiger partial charge >= 0.3 is 19.8 Å². The molecule has 0 saturated heterocycles. The van der Waals surface area contributed by atoms with E-state index in [2.05, 4.69) is 74.6 Å². The van der Waals surface area contributed by atoms with Crippen molar-refractivity contribution in [2.75, 3.05) is 26.4 Å². The van der Waals surface area contributed by atoms with E-state index in [1.807, 2.05) is 0 Å². The van der Waals surface area contributed by atoms with Gasteiger partial charge in [0.25, 0.3) is 0 Å². The smallest absolute Gasteiger partial charge is 0.462 e. The van der Waals surface area contributed by atoms with E-state index >= 15 is 0 Å². The van der Waals surface area contributed by atoms with Crippen molar-refractivity contribution in [1.29, 1.82) is 0 Å². The van der Waals surface area contributed by atoms with E-state index in [4.69, 9.17) is 24.3 Å². The summed E-state index contributed by atoms with van der Waals surface area (Å²) in [5.74, 6) is -0.804. The molecule has 0 aromatic heterocycles. The third-order valence-corrected chi connectivity index (χ3v) is 17.9. The standard InChI is InChI=1S/C77H144NO8P/c1-3-5-7-9-11-13-15-17-19-21-23-25-27-29-31-33-34-35-36-37-38-39-40-42-44-46-48-50-52-54-56-58-60-62-64-66-68-70-77(80)86-75(74-85-87(81,82)84-72-71-78)73-83-76(79)69-67-65-63-61-59-57-55-53-51-49-47-45-43-41-32-30-28-26-24-22-20-18-16-14-12-10-8-6-4-2/h5,7,11,13,17,19,23,25,29,31,75H,3-4,6,8-10,12,14-16,18,20-22,24,26-28,30,32-74,78H2,1-2H3,(H,81,82)/b7-5-,13-11-,19-17-,25-23-,31-29-. The first-order chi connectivity index (χ1) is 42.8. The fourth-order valence-corrected chi connectivity index (χ4v) is 12.1. The Morgan fingerprint density at radius 3 is 0.943 bits per heavy atom. The SMILES string of the molecule is CC/C=C\C/C=C\C/C=C\C/C=C\C/C=C\CCCCCCCCCCCCCCCCCCCCCCCC(=O)OC(COC(=O)CCCCCCCCCCCCCCCCCCCCCCCCCCCCCCC)COP(=O)(O)OCCN. The zero-order valence-corrected chi connectivity index (χ0v) is 58.4. The molecule has 0 amide bonds.